The van der Waals surface area contributed by atoms with Crippen molar-refractivity contribution < 1.29 is 0 Å². The average molecular weight is 129 g/mol. The summed E-state index contributed by atoms with van der Waals surface area (Å²) in [6.07, 6.45) is 8.93. The van der Waals surface area contributed by atoms with Gasteiger partial charge < -0.3 is 6.15 Å². The highest BCUT2D eigenvalue weighted by Crippen LogP contribution is 2.27. The van der Waals surface area contributed by atoms with Gasteiger partial charge in [0.1, 0.15) is 0 Å². The fourth-order valence-electron chi connectivity index (χ4n) is 1.71. The minimum absolute atomic E-state index is 0. The van der Waals surface area contributed by atoms with Gasteiger partial charge >= 0.3 is 0 Å². The van der Waals surface area contributed by atoms with Crippen molar-refractivity contribution in [3.8, 4) is 0 Å². The van der Waals surface area contributed by atoms with Gasteiger partial charge in [-0.25, -0.2) is 0 Å². The Hall–Kier alpha value is -0.0400. The smallest absolute Gasteiger partial charge is 0.0414 e. The normalized spacial score (nSPS) is 19.7. The standard InChI is InChI=1S/C8H16.H3N/c1-2-5-8-6-3-4-7-8;/h8H,2-7H2,1H3;1H3. The molecule has 0 spiro atoms. The summed E-state index contributed by atoms with van der Waals surface area (Å²) in [6, 6.07) is 0. The Balaban J connectivity index is 0.000000640. The summed E-state index contributed by atoms with van der Waals surface area (Å²) in [5.74, 6) is 1.11. The minimum Gasteiger partial charge on any atom is -0.344 e. The van der Waals surface area contributed by atoms with Gasteiger partial charge in [0, 0.05) is 0 Å². The molecule has 1 rings (SSSR count). The topological polar surface area (TPSA) is 35.0 Å². The zero-order valence-electron chi connectivity index (χ0n) is 6.53. The van der Waals surface area contributed by atoms with E-state index in [4.69, 9.17) is 0 Å². The van der Waals surface area contributed by atoms with Crippen LogP contribution in [0, 0.1) is 5.92 Å². The van der Waals surface area contributed by atoms with Crippen LogP contribution in [-0.2, 0) is 0 Å². The molecule has 1 aliphatic rings. The Kier molecular flexibility index (Phi) is 4.78. The molecule has 0 atom stereocenters. The van der Waals surface area contributed by atoms with E-state index in [9.17, 15) is 0 Å². The number of rotatable bonds is 2. The highest BCUT2D eigenvalue weighted by molar-refractivity contribution is 4.65. The molecule has 0 saturated heterocycles. The van der Waals surface area contributed by atoms with Crippen LogP contribution in [0.4, 0.5) is 0 Å². The summed E-state index contributed by atoms with van der Waals surface area (Å²) < 4.78 is 0. The molecule has 1 nitrogen and oxygen atoms in total. The molecule has 0 aromatic carbocycles. The fourth-order valence-corrected chi connectivity index (χ4v) is 1.71. The molecular weight excluding hydrogens is 110 g/mol. The van der Waals surface area contributed by atoms with E-state index in [1.165, 1.54) is 38.5 Å². The molecule has 3 N–H and O–H groups in total. The highest BCUT2D eigenvalue weighted by Gasteiger charge is 2.12. The van der Waals surface area contributed by atoms with Crippen LogP contribution in [0.3, 0.4) is 0 Å². The first-order valence-electron chi connectivity index (χ1n) is 3.93. The molecule has 0 unspecified atom stereocenters. The predicted molar refractivity (Wildman–Crippen MR) is 41.9 cm³/mol. The fraction of sp³-hybridized carbons (Fsp3) is 1.00. The van der Waals surface area contributed by atoms with Crippen molar-refractivity contribution in [2.75, 3.05) is 0 Å². The maximum atomic E-state index is 2.29. The average Bonchev–Trinajstić information content (AvgIpc) is 2.19. The second-order valence-corrected chi connectivity index (χ2v) is 2.94. The van der Waals surface area contributed by atoms with E-state index in [1.807, 2.05) is 0 Å². The third kappa shape index (κ3) is 2.85. The molecule has 0 aromatic heterocycles. The Labute approximate surface area is 58.4 Å². The van der Waals surface area contributed by atoms with Crippen LogP contribution in [-0.4, -0.2) is 0 Å². The first-order chi connectivity index (χ1) is 3.93. The van der Waals surface area contributed by atoms with Crippen LogP contribution in [0.25, 0.3) is 0 Å². The van der Waals surface area contributed by atoms with E-state index in [0.717, 1.165) is 5.92 Å². The zero-order valence-corrected chi connectivity index (χ0v) is 6.53. The molecule has 1 heteroatoms. The molecule has 56 valence electrons. The van der Waals surface area contributed by atoms with Gasteiger partial charge in [0.25, 0.3) is 0 Å². The van der Waals surface area contributed by atoms with Gasteiger partial charge in [0.05, 0.1) is 0 Å². The van der Waals surface area contributed by atoms with Gasteiger partial charge in [-0.1, -0.05) is 45.4 Å². The predicted octanol–water partition coefficient (Wildman–Crippen LogP) is 3.14. The van der Waals surface area contributed by atoms with Gasteiger partial charge in [-0.05, 0) is 5.92 Å². The first kappa shape index (κ1) is 8.96. The van der Waals surface area contributed by atoms with Crippen molar-refractivity contribution in [1.29, 1.82) is 0 Å². The van der Waals surface area contributed by atoms with Crippen molar-refractivity contribution in [2.24, 2.45) is 5.92 Å². The zero-order chi connectivity index (χ0) is 5.82. The maximum Gasteiger partial charge on any atom is -0.0414 e. The molecule has 0 radical (unpaired) electrons. The van der Waals surface area contributed by atoms with Gasteiger partial charge in [0.15, 0.2) is 0 Å². The van der Waals surface area contributed by atoms with Crippen molar-refractivity contribution in [3.05, 3.63) is 0 Å². The van der Waals surface area contributed by atoms with E-state index in [-0.39, 0.29) is 6.15 Å². The second kappa shape index (κ2) is 4.80. The van der Waals surface area contributed by atoms with Crippen molar-refractivity contribution in [1.82, 2.24) is 6.15 Å². The third-order valence-electron chi connectivity index (χ3n) is 2.17. The molecule has 0 heterocycles. The molecule has 0 amide bonds. The van der Waals surface area contributed by atoms with Gasteiger partial charge in [-0.15, -0.1) is 0 Å². The number of hydrogen-bond donors (Lipinski definition) is 1. The monoisotopic (exact) mass is 129 g/mol. The molecule has 9 heavy (non-hydrogen) atoms. The van der Waals surface area contributed by atoms with E-state index >= 15 is 0 Å². The molecule has 0 aromatic rings. The lowest BCUT2D eigenvalue weighted by Crippen LogP contribution is -1.89. The van der Waals surface area contributed by atoms with Crippen molar-refractivity contribution in [2.45, 2.75) is 45.4 Å². The van der Waals surface area contributed by atoms with Gasteiger partial charge in [0.2, 0.25) is 0 Å². The molecule has 0 bridgehead atoms. The number of hydrogen-bond acceptors (Lipinski definition) is 1. The van der Waals surface area contributed by atoms with E-state index in [2.05, 4.69) is 6.92 Å². The maximum absolute atomic E-state index is 2.29. The van der Waals surface area contributed by atoms with Crippen LogP contribution in [0.1, 0.15) is 45.4 Å². The molecule has 0 aliphatic heterocycles. The highest BCUT2D eigenvalue weighted by atomic mass is 14.2. The van der Waals surface area contributed by atoms with Gasteiger partial charge in [-0.2, -0.15) is 0 Å². The quantitative estimate of drug-likeness (QED) is 0.610. The summed E-state index contributed by atoms with van der Waals surface area (Å²) in [6.45, 7) is 2.29. The third-order valence-corrected chi connectivity index (χ3v) is 2.17. The van der Waals surface area contributed by atoms with Gasteiger partial charge in [-0.3, -0.25) is 0 Å². The van der Waals surface area contributed by atoms with Crippen molar-refractivity contribution in [3.63, 3.8) is 0 Å². The van der Waals surface area contributed by atoms with Crippen molar-refractivity contribution >= 4 is 0 Å². The van der Waals surface area contributed by atoms with Crippen LogP contribution in [0.15, 0.2) is 0 Å². The van der Waals surface area contributed by atoms with E-state index < -0.39 is 0 Å². The summed E-state index contributed by atoms with van der Waals surface area (Å²) >= 11 is 0. The first-order valence-corrected chi connectivity index (χ1v) is 3.93. The van der Waals surface area contributed by atoms with Crippen LogP contribution >= 0.6 is 0 Å². The lowest BCUT2D eigenvalue weighted by atomic mass is 10.0. The Morgan fingerprint density at radius 3 is 2.22 bits per heavy atom. The summed E-state index contributed by atoms with van der Waals surface area (Å²) in [5.41, 5.74) is 0. The Morgan fingerprint density at radius 2 is 1.78 bits per heavy atom. The van der Waals surface area contributed by atoms with E-state index in [0.29, 0.717) is 0 Å². The summed E-state index contributed by atoms with van der Waals surface area (Å²) in [4.78, 5) is 0. The molecule has 1 aliphatic carbocycles. The Bertz CT molecular complexity index is 55.6. The lowest BCUT2D eigenvalue weighted by molar-refractivity contribution is 0.496. The lowest BCUT2D eigenvalue weighted by Gasteiger charge is -2.03. The summed E-state index contributed by atoms with van der Waals surface area (Å²) in [7, 11) is 0. The molecule has 1 fully saturated rings. The Morgan fingerprint density at radius 1 is 1.22 bits per heavy atom. The van der Waals surface area contributed by atoms with Crippen LogP contribution in [0.5, 0.6) is 0 Å². The SMILES string of the molecule is CCCC1CCCC1.N. The molecular formula is C8H19N. The largest absolute Gasteiger partial charge is 0.344 e. The second-order valence-electron chi connectivity index (χ2n) is 2.94. The van der Waals surface area contributed by atoms with Crippen LogP contribution in [0.2, 0.25) is 0 Å². The molecule has 1 saturated carbocycles. The summed E-state index contributed by atoms with van der Waals surface area (Å²) in [5, 5.41) is 0. The minimum atomic E-state index is 0. The van der Waals surface area contributed by atoms with Crippen LogP contribution < -0.4 is 6.15 Å². The van der Waals surface area contributed by atoms with E-state index in [1.54, 1.807) is 0 Å².